The third kappa shape index (κ3) is 9.50. The largest absolute Gasteiger partial charge is 0.394 e. The maximum Gasteiger partial charge on any atom is 0.222 e. The van der Waals surface area contributed by atoms with Gasteiger partial charge in [0, 0.05) is 77.7 Å². The highest BCUT2D eigenvalue weighted by molar-refractivity contribution is 6.21. The van der Waals surface area contributed by atoms with E-state index >= 15 is 4.39 Å². The highest BCUT2D eigenvalue weighted by atomic mass is 35.5. The predicted octanol–water partition coefficient (Wildman–Crippen LogP) is -0.650. The van der Waals surface area contributed by atoms with Gasteiger partial charge in [-0.15, -0.1) is 11.6 Å². The molecule has 12 nitrogen and oxygen atoms in total. The molecule has 5 fully saturated rings. The number of halogens is 2. The third-order valence-electron chi connectivity index (χ3n) is 11.4. The quantitative estimate of drug-likeness (QED) is 0.0772. The normalized spacial score (nSPS) is 34.5. The van der Waals surface area contributed by atoms with Crippen LogP contribution in [0.4, 0.5) is 4.39 Å². The molecule has 5 rings (SSSR count). The fourth-order valence-corrected chi connectivity index (χ4v) is 8.22. The number of nitrogens with zero attached hydrogens (tertiary/aromatic N) is 2. The van der Waals surface area contributed by atoms with E-state index < -0.39 is 37.2 Å². The van der Waals surface area contributed by atoms with Gasteiger partial charge >= 0.3 is 0 Å². The zero-order valence-electron chi connectivity index (χ0n) is 27.0. The Hall–Kier alpha value is -0.710. The third-order valence-corrected chi connectivity index (χ3v) is 11.7. The van der Waals surface area contributed by atoms with Gasteiger partial charge in [0.1, 0.15) is 30.8 Å². The Kier molecular flexibility index (Phi) is 13.4. The number of aliphatic hydroxyl groups excluding tert-OH is 5. The van der Waals surface area contributed by atoms with Crippen LogP contribution in [0.3, 0.4) is 0 Å². The Labute approximate surface area is 277 Å². The number of aliphatic hydroxyl groups is 5. The van der Waals surface area contributed by atoms with E-state index in [1.54, 1.807) is 4.90 Å². The van der Waals surface area contributed by atoms with E-state index in [4.69, 9.17) is 21.4 Å². The van der Waals surface area contributed by atoms with Gasteiger partial charge in [0.05, 0.1) is 24.2 Å². The summed E-state index contributed by atoms with van der Waals surface area (Å²) in [6.45, 7) is 5.49. The number of rotatable bonds is 16. The van der Waals surface area contributed by atoms with Crippen LogP contribution >= 0.6 is 11.6 Å². The van der Waals surface area contributed by atoms with Gasteiger partial charge < -0.3 is 40.5 Å². The number of nitrogens with one attached hydrogen (secondary N) is 3. The van der Waals surface area contributed by atoms with Crippen molar-refractivity contribution in [1.29, 1.82) is 0 Å². The van der Waals surface area contributed by atoms with Crippen LogP contribution in [0, 0.1) is 23.2 Å². The summed E-state index contributed by atoms with van der Waals surface area (Å²) >= 11 is 6.19. The first kappa shape index (κ1) is 36.6. The molecule has 8 N–H and O–H groups in total. The number of alkyl halides is 2. The van der Waals surface area contributed by atoms with E-state index in [2.05, 4.69) is 20.9 Å². The molecular weight excluding hydrogens is 621 g/mol. The van der Waals surface area contributed by atoms with Crippen molar-refractivity contribution in [1.82, 2.24) is 25.8 Å². The highest BCUT2D eigenvalue weighted by Crippen LogP contribution is 2.61. The van der Waals surface area contributed by atoms with E-state index in [1.165, 1.54) is 25.7 Å². The summed E-state index contributed by atoms with van der Waals surface area (Å²) in [4.78, 5) is 17.0. The minimum absolute atomic E-state index is 0.0111. The van der Waals surface area contributed by atoms with E-state index in [9.17, 15) is 25.2 Å². The van der Waals surface area contributed by atoms with Crippen molar-refractivity contribution in [3.63, 3.8) is 0 Å². The van der Waals surface area contributed by atoms with Gasteiger partial charge in [-0.25, -0.2) is 4.39 Å². The SMILES string of the molecule is O=C(CC1CCC(OCCCC2CC23CCN(C2NCC(Cl)CN2)CC3)CC1F)N1CC(CNC[C@H](O)[C@@H](O)[C@H](O)[C@H](O)CO)C1. The molecular formula is C32H57ClFN5O7. The molecule has 2 saturated carbocycles. The first-order chi connectivity index (χ1) is 22.1. The molecule has 3 saturated heterocycles. The van der Waals surface area contributed by atoms with Crippen LogP contribution in [-0.2, 0) is 9.53 Å². The minimum Gasteiger partial charge on any atom is -0.394 e. The Morgan fingerprint density at radius 2 is 1.76 bits per heavy atom. The van der Waals surface area contributed by atoms with Gasteiger partial charge in [0.2, 0.25) is 5.91 Å². The Morgan fingerprint density at radius 1 is 1.07 bits per heavy atom. The first-order valence-electron chi connectivity index (χ1n) is 17.5. The fourth-order valence-electron chi connectivity index (χ4n) is 8.04. The molecule has 14 heteroatoms. The molecule has 0 radical (unpaired) electrons. The number of hydrogen-bond donors (Lipinski definition) is 8. The van der Waals surface area contributed by atoms with Crippen molar-refractivity contribution in [2.45, 2.75) is 106 Å². The molecule has 0 aromatic heterocycles. The van der Waals surface area contributed by atoms with Crippen molar-refractivity contribution >= 4 is 17.5 Å². The monoisotopic (exact) mass is 677 g/mol. The lowest BCUT2D eigenvalue weighted by atomic mass is 9.83. The summed E-state index contributed by atoms with van der Waals surface area (Å²) in [5.41, 5.74) is 0.518. The summed E-state index contributed by atoms with van der Waals surface area (Å²) in [6, 6.07) is 0. The molecule has 5 aliphatic rings. The van der Waals surface area contributed by atoms with Gasteiger partial charge in [0.25, 0.3) is 0 Å². The van der Waals surface area contributed by atoms with Crippen LogP contribution in [0.2, 0.25) is 0 Å². The Bertz CT molecular complexity index is 954. The summed E-state index contributed by atoms with van der Waals surface area (Å²) in [5, 5.41) is 58.0. The van der Waals surface area contributed by atoms with Crippen LogP contribution in [0.1, 0.15) is 57.8 Å². The van der Waals surface area contributed by atoms with Crippen LogP contribution in [0.5, 0.6) is 0 Å². The number of ether oxygens (including phenoxy) is 1. The van der Waals surface area contributed by atoms with Crippen molar-refractivity contribution in [3.8, 4) is 0 Å². The molecule has 0 aromatic carbocycles. The molecule has 0 bridgehead atoms. The first-order valence-corrected chi connectivity index (χ1v) is 17.9. The van der Waals surface area contributed by atoms with Crippen LogP contribution in [-0.4, -0.2) is 155 Å². The lowest BCUT2D eigenvalue weighted by Gasteiger charge is -2.41. The zero-order valence-corrected chi connectivity index (χ0v) is 27.7. The average Bonchev–Trinajstić information content (AvgIpc) is 3.71. The lowest BCUT2D eigenvalue weighted by Crippen LogP contribution is -2.63. The summed E-state index contributed by atoms with van der Waals surface area (Å²) in [7, 11) is 0. The van der Waals surface area contributed by atoms with Gasteiger partial charge in [-0.05, 0) is 62.2 Å². The molecule has 46 heavy (non-hydrogen) atoms. The maximum atomic E-state index is 15.1. The Balaban J connectivity index is 0.881. The maximum absolute atomic E-state index is 15.1. The molecule has 3 aliphatic heterocycles. The summed E-state index contributed by atoms with van der Waals surface area (Å²) in [5.74, 6) is 0.672. The molecule has 1 spiro atoms. The molecule has 0 aromatic rings. The molecule has 4 unspecified atom stereocenters. The number of likely N-dealkylation sites (tertiary alicyclic amines) is 2. The minimum atomic E-state index is -1.66. The van der Waals surface area contributed by atoms with Crippen LogP contribution < -0.4 is 16.0 Å². The Morgan fingerprint density at radius 3 is 2.43 bits per heavy atom. The highest BCUT2D eigenvalue weighted by Gasteiger charge is 2.54. The topological polar surface area (TPSA) is 170 Å². The zero-order chi connectivity index (χ0) is 32.8. The second-order valence-corrected chi connectivity index (χ2v) is 15.3. The number of piperidine rings is 1. The number of amides is 1. The van der Waals surface area contributed by atoms with E-state index in [1.807, 2.05) is 0 Å². The average molecular weight is 678 g/mol. The number of carbonyl (C=O) groups excluding carboxylic acids is 1. The van der Waals surface area contributed by atoms with E-state index in [0.717, 1.165) is 44.9 Å². The van der Waals surface area contributed by atoms with Crippen LogP contribution in [0.25, 0.3) is 0 Å². The predicted molar refractivity (Wildman–Crippen MR) is 171 cm³/mol. The molecule has 3 heterocycles. The summed E-state index contributed by atoms with van der Waals surface area (Å²) < 4.78 is 21.2. The van der Waals surface area contributed by atoms with Gasteiger partial charge in [0.15, 0.2) is 0 Å². The standard InChI is InChI=1S/C32H57ClFN5O7/c33-23-14-36-31(37-15-23)38-7-5-32(6-8-38)12-22(32)2-1-9-46-24-4-3-21(25(34)11-24)10-28(43)39-17-20(18-39)13-35-16-26(41)29(44)30(45)27(42)19-40/h20-27,29-31,35-37,40-42,44-45H,1-19H2/t21?,22?,23?,24?,25?,26-,27+,29+,30+,31?/m0/s1. The van der Waals surface area contributed by atoms with Gasteiger partial charge in [-0.1, -0.05) is 0 Å². The van der Waals surface area contributed by atoms with Crippen LogP contribution in [0.15, 0.2) is 0 Å². The smallest absolute Gasteiger partial charge is 0.222 e. The van der Waals surface area contributed by atoms with Crippen molar-refractivity contribution < 1.29 is 39.5 Å². The lowest BCUT2D eigenvalue weighted by molar-refractivity contribution is -0.140. The van der Waals surface area contributed by atoms with Crippen molar-refractivity contribution in [3.05, 3.63) is 0 Å². The van der Waals surface area contributed by atoms with Gasteiger partial charge in [-0.2, -0.15) is 0 Å². The molecule has 8 atom stereocenters. The molecule has 266 valence electrons. The second-order valence-electron chi connectivity index (χ2n) is 14.7. The van der Waals surface area contributed by atoms with Crippen molar-refractivity contribution in [2.75, 3.05) is 65.6 Å². The van der Waals surface area contributed by atoms with Crippen molar-refractivity contribution in [2.24, 2.45) is 23.2 Å². The molecule has 1 amide bonds. The second kappa shape index (κ2) is 16.8. The summed E-state index contributed by atoms with van der Waals surface area (Å²) in [6.07, 6.45) is 1.09. The fraction of sp³-hybridized carbons (Fsp3) is 0.969. The van der Waals surface area contributed by atoms with Gasteiger partial charge in [-0.3, -0.25) is 20.3 Å². The molecule has 2 aliphatic carbocycles. The number of hydrogen-bond acceptors (Lipinski definition) is 11. The number of carbonyl (C=O) groups is 1. The van der Waals surface area contributed by atoms with E-state index in [-0.39, 0.29) is 48.5 Å². The van der Waals surface area contributed by atoms with E-state index in [0.29, 0.717) is 44.5 Å².